The van der Waals surface area contributed by atoms with Crippen LogP contribution in [-0.4, -0.2) is 25.2 Å². The number of hydrogen-bond donors (Lipinski definition) is 2. The summed E-state index contributed by atoms with van der Waals surface area (Å²) in [5.41, 5.74) is 0.428. The molecule has 6 heteroatoms. The summed E-state index contributed by atoms with van der Waals surface area (Å²) in [5, 5.41) is 11.8. The van der Waals surface area contributed by atoms with E-state index in [2.05, 4.69) is 5.32 Å². The second-order valence-electron chi connectivity index (χ2n) is 4.48. The standard InChI is InChI=1S/C15H15NO4S/c17-13-6-4-5-12(11-13)16-15(18)9-10-21(19,20)14-7-2-1-3-8-14/h1-8,11,17H,9-10H2,(H,16,18). The monoisotopic (exact) mass is 305 g/mol. The van der Waals surface area contributed by atoms with Crippen molar-refractivity contribution in [1.82, 2.24) is 0 Å². The molecule has 0 unspecified atom stereocenters. The average Bonchev–Trinajstić information content (AvgIpc) is 2.46. The smallest absolute Gasteiger partial charge is 0.225 e. The van der Waals surface area contributed by atoms with Crippen LogP contribution in [-0.2, 0) is 14.6 Å². The molecule has 2 aromatic rings. The summed E-state index contributed by atoms with van der Waals surface area (Å²) < 4.78 is 24.0. The van der Waals surface area contributed by atoms with Crippen molar-refractivity contribution < 1.29 is 18.3 Å². The highest BCUT2D eigenvalue weighted by molar-refractivity contribution is 7.91. The van der Waals surface area contributed by atoms with E-state index in [4.69, 9.17) is 0 Å². The van der Waals surface area contributed by atoms with Gasteiger partial charge in [-0.25, -0.2) is 8.42 Å². The lowest BCUT2D eigenvalue weighted by molar-refractivity contribution is -0.115. The van der Waals surface area contributed by atoms with Crippen molar-refractivity contribution in [2.45, 2.75) is 11.3 Å². The third kappa shape index (κ3) is 4.32. The zero-order valence-corrected chi connectivity index (χ0v) is 12.0. The van der Waals surface area contributed by atoms with Gasteiger partial charge in [0.05, 0.1) is 10.6 Å². The fourth-order valence-electron chi connectivity index (χ4n) is 1.78. The van der Waals surface area contributed by atoms with Crippen molar-refractivity contribution >= 4 is 21.4 Å². The Morgan fingerprint density at radius 1 is 1.05 bits per heavy atom. The first-order valence-corrected chi connectivity index (χ1v) is 7.99. The fourth-order valence-corrected chi connectivity index (χ4v) is 3.04. The third-order valence-corrected chi connectivity index (χ3v) is 4.56. The third-order valence-electron chi connectivity index (χ3n) is 2.83. The van der Waals surface area contributed by atoms with Gasteiger partial charge < -0.3 is 10.4 Å². The van der Waals surface area contributed by atoms with Gasteiger partial charge in [0, 0.05) is 18.2 Å². The molecule has 1 amide bonds. The van der Waals surface area contributed by atoms with E-state index in [1.807, 2.05) is 0 Å². The molecule has 0 spiro atoms. The van der Waals surface area contributed by atoms with Crippen LogP contribution in [0.15, 0.2) is 59.5 Å². The van der Waals surface area contributed by atoms with Gasteiger partial charge in [0.15, 0.2) is 9.84 Å². The number of rotatable bonds is 5. The molecular weight excluding hydrogens is 290 g/mol. The van der Waals surface area contributed by atoms with Crippen molar-refractivity contribution in [2.75, 3.05) is 11.1 Å². The van der Waals surface area contributed by atoms with E-state index in [9.17, 15) is 18.3 Å². The lowest BCUT2D eigenvalue weighted by atomic mass is 10.3. The second-order valence-corrected chi connectivity index (χ2v) is 6.59. The van der Waals surface area contributed by atoms with Gasteiger partial charge in [-0.15, -0.1) is 0 Å². The van der Waals surface area contributed by atoms with Crippen molar-refractivity contribution in [3.05, 3.63) is 54.6 Å². The molecule has 0 aliphatic carbocycles. The van der Waals surface area contributed by atoms with Crippen LogP contribution in [0.2, 0.25) is 0 Å². The Morgan fingerprint density at radius 3 is 2.43 bits per heavy atom. The molecule has 0 atom stereocenters. The van der Waals surface area contributed by atoms with Gasteiger partial charge in [-0.3, -0.25) is 4.79 Å². The first-order valence-electron chi connectivity index (χ1n) is 6.34. The fraction of sp³-hybridized carbons (Fsp3) is 0.133. The molecule has 0 saturated carbocycles. The average molecular weight is 305 g/mol. The molecule has 5 nitrogen and oxygen atoms in total. The van der Waals surface area contributed by atoms with Crippen LogP contribution in [0.1, 0.15) is 6.42 Å². The van der Waals surface area contributed by atoms with Crippen LogP contribution in [0.3, 0.4) is 0 Å². The van der Waals surface area contributed by atoms with Gasteiger partial charge in [-0.2, -0.15) is 0 Å². The summed E-state index contributed by atoms with van der Waals surface area (Å²) >= 11 is 0. The molecule has 0 saturated heterocycles. The Morgan fingerprint density at radius 2 is 1.76 bits per heavy atom. The molecule has 0 aromatic heterocycles. The van der Waals surface area contributed by atoms with E-state index in [0.717, 1.165) is 0 Å². The van der Waals surface area contributed by atoms with Crippen molar-refractivity contribution in [2.24, 2.45) is 0 Å². The minimum atomic E-state index is -3.47. The highest BCUT2D eigenvalue weighted by Gasteiger charge is 2.16. The molecule has 2 aromatic carbocycles. The van der Waals surface area contributed by atoms with Gasteiger partial charge in [-0.05, 0) is 24.3 Å². The zero-order chi connectivity index (χ0) is 15.3. The van der Waals surface area contributed by atoms with Crippen molar-refractivity contribution in [1.29, 1.82) is 0 Å². The molecule has 0 aliphatic heterocycles. The number of carbonyl (C=O) groups excluding carboxylic acids is 1. The Balaban J connectivity index is 1.95. The van der Waals surface area contributed by atoms with Gasteiger partial charge >= 0.3 is 0 Å². The number of carbonyl (C=O) groups is 1. The van der Waals surface area contributed by atoms with Gasteiger partial charge in [0.25, 0.3) is 0 Å². The molecule has 0 radical (unpaired) electrons. The molecule has 110 valence electrons. The maximum Gasteiger partial charge on any atom is 0.225 e. The second kappa shape index (κ2) is 6.41. The molecule has 0 aliphatic rings. The van der Waals surface area contributed by atoms with Gasteiger partial charge in [0.1, 0.15) is 5.75 Å². The molecule has 0 bridgehead atoms. The van der Waals surface area contributed by atoms with E-state index < -0.39 is 15.7 Å². The normalized spacial score (nSPS) is 11.0. The lowest BCUT2D eigenvalue weighted by Gasteiger charge is -2.06. The first-order chi connectivity index (χ1) is 9.97. The van der Waals surface area contributed by atoms with Crippen molar-refractivity contribution in [3.8, 4) is 5.75 Å². The minimum absolute atomic E-state index is 0.0321. The Labute approximate surface area is 123 Å². The number of anilines is 1. The van der Waals surface area contributed by atoms with Crippen LogP contribution < -0.4 is 5.32 Å². The zero-order valence-electron chi connectivity index (χ0n) is 11.2. The lowest BCUT2D eigenvalue weighted by Crippen LogP contribution is -2.17. The Kier molecular flexibility index (Phi) is 4.59. The summed E-state index contributed by atoms with van der Waals surface area (Å²) in [7, 11) is -3.47. The summed E-state index contributed by atoms with van der Waals surface area (Å²) in [6, 6.07) is 14.1. The quantitative estimate of drug-likeness (QED) is 0.887. The van der Waals surface area contributed by atoms with E-state index in [1.165, 1.54) is 24.3 Å². The largest absolute Gasteiger partial charge is 0.508 e. The number of nitrogens with one attached hydrogen (secondary N) is 1. The molecule has 2 N–H and O–H groups in total. The van der Waals surface area contributed by atoms with Crippen molar-refractivity contribution in [3.63, 3.8) is 0 Å². The minimum Gasteiger partial charge on any atom is -0.508 e. The number of sulfone groups is 1. The van der Waals surface area contributed by atoms with Crippen LogP contribution in [0.4, 0.5) is 5.69 Å². The number of hydrogen-bond acceptors (Lipinski definition) is 4. The summed E-state index contributed by atoms with van der Waals surface area (Å²) in [5.74, 6) is -0.647. The summed E-state index contributed by atoms with van der Waals surface area (Å²) in [4.78, 5) is 11.9. The SMILES string of the molecule is O=C(CCS(=O)(=O)c1ccccc1)Nc1cccc(O)c1. The highest BCUT2D eigenvalue weighted by Crippen LogP contribution is 2.16. The molecule has 21 heavy (non-hydrogen) atoms. The highest BCUT2D eigenvalue weighted by atomic mass is 32.2. The predicted octanol–water partition coefficient (Wildman–Crippen LogP) is 2.19. The topological polar surface area (TPSA) is 83.5 Å². The van der Waals surface area contributed by atoms with Crippen LogP contribution in [0, 0.1) is 0 Å². The van der Waals surface area contributed by atoms with Crippen LogP contribution >= 0.6 is 0 Å². The van der Waals surface area contributed by atoms with E-state index in [-0.39, 0.29) is 22.8 Å². The number of phenolic OH excluding ortho intramolecular Hbond substituents is 1. The maximum absolute atomic E-state index is 12.0. The van der Waals surface area contributed by atoms with E-state index in [1.54, 1.807) is 30.3 Å². The van der Waals surface area contributed by atoms with E-state index in [0.29, 0.717) is 5.69 Å². The van der Waals surface area contributed by atoms with Gasteiger partial charge in [-0.1, -0.05) is 24.3 Å². The van der Waals surface area contributed by atoms with E-state index >= 15 is 0 Å². The number of aromatic hydroxyl groups is 1. The maximum atomic E-state index is 12.0. The number of amides is 1. The predicted molar refractivity (Wildman–Crippen MR) is 79.8 cm³/mol. The van der Waals surface area contributed by atoms with Crippen LogP contribution in [0.25, 0.3) is 0 Å². The Bertz CT molecular complexity index is 726. The first kappa shape index (κ1) is 15.1. The number of benzene rings is 2. The summed E-state index contributed by atoms with van der Waals surface area (Å²) in [6.07, 6.45) is -0.146. The van der Waals surface area contributed by atoms with Crippen LogP contribution in [0.5, 0.6) is 5.75 Å². The van der Waals surface area contributed by atoms with Gasteiger partial charge in [0.2, 0.25) is 5.91 Å². The molecule has 0 fully saturated rings. The Hall–Kier alpha value is -2.34. The molecule has 2 rings (SSSR count). The molecular formula is C15H15NO4S. The summed E-state index contributed by atoms with van der Waals surface area (Å²) in [6.45, 7) is 0. The number of phenols is 1. The molecule has 0 heterocycles.